The Morgan fingerprint density at radius 1 is 1.47 bits per heavy atom. The van der Waals surface area contributed by atoms with Crippen molar-refractivity contribution in [3.05, 3.63) is 0 Å². The Morgan fingerprint density at radius 2 is 2.11 bits per heavy atom. The SMILES string of the molecule is C#CC[C@H](NC(=O)[C@H]1C[C@@H](C)CC(C)(C)C1)C(N)=O. The van der Waals surface area contributed by atoms with Gasteiger partial charge in [0.15, 0.2) is 0 Å². The average Bonchev–Trinajstić information content (AvgIpc) is 2.25. The number of carbonyl (C=O) groups is 2. The van der Waals surface area contributed by atoms with E-state index in [1.807, 2.05) is 0 Å². The van der Waals surface area contributed by atoms with Crippen LogP contribution in [-0.2, 0) is 9.59 Å². The number of amides is 2. The van der Waals surface area contributed by atoms with Crippen LogP contribution in [0.5, 0.6) is 0 Å². The molecule has 0 heterocycles. The van der Waals surface area contributed by atoms with Crippen molar-refractivity contribution in [3.8, 4) is 12.3 Å². The molecular formula is C15H24N2O2. The van der Waals surface area contributed by atoms with Crippen molar-refractivity contribution in [2.75, 3.05) is 0 Å². The minimum Gasteiger partial charge on any atom is -0.368 e. The van der Waals surface area contributed by atoms with Gasteiger partial charge >= 0.3 is 0 Å². The van der Waals surface area contributed by atoms with E-state index in [1.165, 1.54) is 0 Å². The maximum atomic E-state index is 12.2. The van der Waals surface area contributed by atoms with E-state index < -0.39 is 11.9 Å². The number of hydrogen-bond donors (Lipinski definition) is 2. The van der Waals surface area contributed by atoms with Crippen LogP contribution in [0.25, 0.3) is 0 Å². The van der Waals surface area contributed by atoms with Crippen LogP contribution in [0.2, 0.25) is 0 Å². The van der Waals surface area contributed by atoms with Crippen molar-refractivity contribution in [1.82, 2.24) is 5.32 Å². The highest BCUT2D eigenvalue weighted by Gasteiger charge is 2.36. The molecule has 0 saturated heterocycles. The van der Waals surface area contributed by atoms with Crippen LogP contribution in [0.4, 0.5) is 0 Å². The summed E-state index contributed by atoms with van der Waals surface area (Å²) >= 11 is 0. The first-order valence-electron chi connectivity index (χ1n) is 6.78. The number of nitrogens with one attached hydrogen (secondary N) is 1. The summed E-state index contributed by atoms with van der Waals surface area (Å²) in [5.41, 5.74) is 5.39. The van der Waals surface area contributed by atoms with E-state index in [4.69, 9.17) is 12.2 Å². The normalized spacial score (nSPS) is 27.1. The van der Waals surface area contributed by atoms with Gasteiger partial charge in [0.2, 0.25) is 11.8 Å². The van der Waals surface area contributed by atoms with E-state index in [-0.39, 0.29) is 23.7 Å². The van der Waals surface area contributed by atoms with Gasteiger partial charge in [0.05, 0.1) is 0 Å². The van der Waals surface area contributed by atoms with Crippen LogP contribution < -0.4 is 11.1 Å². The summed E-state index contributed by atoms with van der Waals surface area (Å²) in [6.45, 7) is 6.51. The minimum atomic E-state index is -0.752. The average molecular weight is 264 g/mol. The summed E-state index contributed by atoms with van der Waals surface area (Å²) in [4.78, 5) is 23.4. The maximum Gasteiger partial charge on any atom is 0.240 e. The molecule has 0 aromatic carbocycles. The van der Waals surface area contributed by atoms with Gasteiger partial charge in [-0.05, 0) is 30.6 Å². The Bertz CT molecular complexity index is 395. The van der Waals surface area contributed by atoms with Gasteiger partial charge in [0.25, 0.3) is 0 Å². The Labute approximate surface area is 115 Å². The molecule has 2 amide bonds. The molecule has 0 unspecified atom stereocenters. The molecule has 4 nitrogen and oxygen atoms in total. The molecule has 0 aromatic heterocycles. The number of primary amides is 1. The number of hydrogen-bond acceptors (Lipinski definition) is 2. The van der Waals surface area contributed by atoms with E-state index in [1.54, 1.807) is 0 Å². The second-order valence-corrected chi connectivity index (χ2v) is 6.48. The fraction of sp³-hybridized carbons (Fsp3) is 0.733. The molecule has 4 heteroatoms. The third-order valence-electron chi connectivity index (χ3n) is 3.74. The lowest BCUT2D eigenvalue weighted by atomic mass is 9.68. The van der Waals surface area contributed by atoms with Crippen molar-refractivity contribution in [1.29, 1.82) is 0 Å². The molecule has 0 aliphatic heterocycles. The Morgan fingerprint density at radius 3 is 2.58 bits per heavy atom. The monoisotopic (exact) mass is 264 g/mol. The van der Waals surface area contributed by atoms with Crippen molar-refractivity contribution < 1.29 is 9.59 Å². The number of nitrogens with two attached hydrogens (primary N) is 1. The third kappa shape index (κ3) is 4.59. The maximum absolute atomic E-state index is 12.2. The highest BCUT2D eigenvalue weighted by molar-refractivity contribution is 5.87. The van der Waals surface area contributed by atoms with E-state index >= 15 is 0 Å². The first-order chi connectivity index (χ1) is 8.75. The van der Waals surface area contributed by atoms with Gasteiger partial charge < -0.3 is 11.1 Å². The predicted molar refractivity (Wildman–Crippen MR) is 74.9 cm³/mol. The van der Waals surface area contributed by atoms with Crippen LogP contribution in [0.3, 0.4) is 0 Å². The van der Waals surface area contributed by atoms with Crippen molar-refractivity contribution in [2.24, 2.45) is 23.0 Å². The van der Waals surface area contributed by atoms with Crippen LogP contribution in [0.1, 0.15) is 46.5 Å². The van der Waals surface area contributed by atoms with Gasteiger partial charge in [-0.2, -0.15) is 0 Å². The zero-order valence-electron chi connectivity index (χ0n) is 12.0. The molecule has 0 spiro atoms. The van der Waals surface area contributed by atoms with Crippen molar-refractivity contribution in [3.63, 3.8) is 0 Å². The molecule has 106 valence electrons. The molecule has 0 aromatic rings. The molecule has 0 radical (unpaired) electrons. The fourth-order valence-electron chi connectivity index (χ4n) is 3.18. The Hall–Kier alpha value is -1.50. The van der Waals surface area contributed by atoms with Crippen LogP contribution >= 0.6 is 0 Å². The predicted octanol–water partition coefficient (Wildman–Crippen LogP) is 1.44. The lowest BCUT2D eigenvalue weighted by molar-refractivity contribution is -0.132. The standard InChI is InChI=1S/C15H24N2O2/c1-5-6-12(13(16)18)17-14(19)11-7-10(2)8-15(3,4)9-11/h1,10-12H,6-9H2,2-4H3,(H2,16,18)(H,17,19)/t10-,11+,12+/m1/s1. The third-order valence-corrected chi connectivity index (χ3v) is 3.74. The molecule has 3 atom stereocenters. The lowest BCUT2D eigenvalue weighted by Crippen LogP contribution is -2.48. The van der Waals surface area contributed by atoms with Gasteiger partial charge in [-0.3, -0.25) is 9.59 Å². The fourth-order valence-corrected chi connectivity index (χ4v) is 3.18. The highest BCUT2D eigenvalue weighted by Crippen LogP contribution is 2.41. The lowest BCUT2D eigenvalue weighted by Gasteiger charge is -2.38. The molecule has 1 aliphatic rings. The smallest absolute Gasteiger partial charge is 0.240 e. The van der Waals surface area contributed by atoms with E-state index in [2.05, 4.69) is 32.0 Å². The molecule has 1 aliphatic carbocycles. The second-order valence-electron chi connectivity index (χ2n) is 6.48. The molecule has 0 bridgehead atoms. The van der Waals surface area contributed by atoms with Gasteiger partial charge in [-0.15, -0.1) is 12.3 Å². The summed E-state index contributed by atoms with van der Waals surface area (Å²) in [5, 5.41) is 2.69. The molecule has 1 rings (SSSR count). The molecule has 19 heavy (non-hydrogen) atoms. The van der Waals surface area contributed by atoms with Gasteiger partial charge in [0.1, 0.15) is 6.04 Å². The quantitative estimate of drug-likeness (QED) is 0.754. The largest absolute Gasteiger partial charge is 0.368 e. The summed E-state index contributed by atoms with van der Waals surface area (Å²) < 4.78 is 0. The first kappa shape index (κ1) is 15.6. The number of rotatable bonds is 4. The van der Waals surface area contributed by atoms with Gasteiger partial charge in [0, 0.05) is 12.3 Å². The van der Waals surface area contributed by atoms with Crippen molar-refractivity contribution >= 4 is 11.8 Å². The minimum absolute atomic E-state index is 0.0571. The number of terminal acetylenes is 1. The van der Waals surface area contributed by atoms with E-state index in [0.29, 0.717) is 5.92 Å². The summed E-state index contributed by atoms with van der Waals surface area (Å²) in [6.07, 6.45) is 8.14. The second kappa shape index (κ2) is 6.10. The van der Waals surface area contributed by atoms with E-state index in [0.717, 1.165) is 19.3 Å². The van der Waals surface area contributed by atoms with E-state index in [9.17, 15) is 9.59 Å². The van der Waals surface area contributed by atoms with Gasteiger partial charge in [-0.1, -0.05) is 20.8 Å². The van der Waals surface area contributed by atoms with Crippen LogP contribution in [0.15, 0.2) is 0 Å². The molecule has 1 saturated carbocycles. The Kier molecular flexibility index (Phi) is 4.99. The topological polar surface area (TPSA) is 72.2 Å². The van der Waals surface area contributed by atoms with Crippen LogP contribution in [0, 0.1) is 29.6 Å². The molecule has 3 N–H and O–H groups in total. The zero-order chi connectivity index (χ0) is 14.6. The van der Waals surface area contributed by atoms with Gasteiger partial charge in [-0.25, -0.2) is 0 Å². The summed E-state index contributed by atoms with van der Waals surface area (Å²) in [5.74, 6) is 2.15. The zero-order valence-corrected chi connectivity index (χ0v) is 12.0. The molecular weight excluding hydrogens is 240 g/mol. The Balaban J connectivity index is 2.67. The van der Waals surface area contributed by atoms with Crippen LogP contribution in [-0.4, -0.2) is 17.9 Å². The van der Waals surface area contributed by atoms with Crippen molar-refractivity contribution in [2.45, 2.75) is 52.5 Å². The summed E-state index contributed by atoms with van der Waals surface area (Å²) in [7, 11) is 0. The summed E-state index contributed by atoms with van der Waals surface area (Å²) in [6, 6.07) is -0.752. The highest BCUT2D eigenvalue weighted by atomic mass is 16.2. The first-order valence-corrected chi connectivity index (χ1v) is 6.78. The number of carbonyl (C=O) groups excluding carboxylic acids is 2. The molecule has 1 fully saturated rings.